The van der Waals surface area contributed by atoms with Gasteiger partial charge in [-0.15, -0.1) is 0 Å². The van der Waals surface area contributed by atoms with Gasteiger partial charge in [0.2, 0.25) is 0 Å². The van der Waals surface area contributed by atoms with E-state index >= 15 is 0 Å². The number of aromatic nitrogens is 2. The Morgan fingerprint density at radius 1 is 1.26 bits per heavy atom. The van der Waals surface area contributed by atoms with Crippen LogP contribution in [0, 0.1) is 24.1 Å². The van der Waals surface area contributed by atoms with E-state index in [1.165, 1.54) is 17.6 Å². The summed E-state index contributed by atoms with van der Waals surface area (Å²) >= 11 is 1.33. The van der Waals surface area contributed by atoms with E-state index in [2.05, 4.69) is 37.9 Å². The van der Waals surface area contributed by atoms with Gasteiger partial charge in [-0.1, -0.05) is 6.07 Å². The first-order valence-corrected chi connectivity index (χ1v) is 12.7. The summed E-state index contributed by atoms with van der Waals surface area (Å²) in [5, 5.41) is 16.7. The van der Waals surface area contributed by atoms with Crippen molar-refractivity contribution in [2.24, 2.45) is 0 Å². The molecule has 0 bridgehead atoms. The summed E-state index contributed by atoms with van der Waals surface area (Å²) in [7, 11) is 0. The molecule has 1 saturated heterocycles. The van der Waals surface area contributed by atoms with Crippen molar-refractivity contribution in [3.05, 3.63) is 64.9 Å². The number of benzene rings is 1. The molecule has 2 N–H and O–H groups in total. The lowest BCUT2D eigenvalue weighted by Crippen LogP contribution is -2.54. The fourth-order valence-corrected chi connectivity index (χ4v) is 5.36. The Bertz CT molecular complexity index is 1300. The highest BCUT2D eigenvalue weighted by Crippen LogP contribution is 2.40. The predicted molar refractivity (Wildman–Crippen MR) is 135 cm³/mol. The largest absolute Gasteiger partial charge is 0.365 e. The topological polar surface area (TPSA) is 93.9 Å². The Balaban J connectivity index is 1.32. The van der Waals surface area contributed by atoms with Gasteiger partial charge < -0.3 is 15.5 Å². The van der Waals surface area contributed by atoms with E-state index in [0.717, 1.165) is 54.2 Å². The summed E-state index contributed by atoms with van der Waals surface area (Å²) in [4.78, 5) is 19.5. The zero-order chi connectivity index (χ0) is 24.5. The maximum atomic E-state index is 14.7. The molecule has 1 saturated carbocycles. The molecule has 5 rings (SSSR count). The van der Waals surface area contributed by atoms with E-state index in [1.807, 2.05) is 25.1 Å². The van der Waals surface area contributed by atoms with Crippen LogP contribution in [0.4, 0.5) is 20.8 Å². The van der Waals surface area contributed by atoms with Crippen molar-refractivity contribution in [3.8, 4) is 6.07 Å². The number of hydrogen-bond donors (Lipinski definition) is 2. The molecule has 3 aromatic rings. The number of nitrogens with one attached hydrogen (secondary N) is 2. The number of nitriles is 1. The van der Waals surface area contributed by atoms with Crippen molar-refractivity contribution >= 4 is 33.8 Å². The molecular formula is C26H27FN6OS. The van der Waals surface area contributed by atoms with Crippen molar-refractivity contribution in [2.75, 3.05) is 16.8 Å². The van der Waals surface area contributed by atoms with Gasteiger partial charge in [0, 0.05) is 18.6 Å². The molecule has 0 unspecified atom stereocenters. The molecule has 3 heterocycles. The van der Waals surface area contributed by atoms with Crippen molar-refractivity contribution in [1.29, 1.82) is 5.26 Å². The number of hydrogen-bond acceptors (Lipinski definition) is 7. The highest BCUT2D eigenvalue weighted by atomic mass is 32.1. The number of rotatable bonds is 6. The van der Waals surface area contributed by atoms with Crippen LogP contribution in [0.5, 0.6) is 0 Å². The number of nitrogens with zero attached hydrogens (tertiary/aromatic N) is 4. The van der Waals surface area contributed by atoms with Crippen LogP contribution in [-0.4, -0.2) is 33.9 Å². The van der Waals surface area contributed by atoms with E-state index in [1.54, 1.807) is 12.3 Å². The molecule has 35 heavy (non-hydrogen) atoms. The van der Waals surface area contributed by atoms with Crippen molar-refractivity contribution in [2.45, 2.75) is 57.5 Å². The normalized spacial score (nSPS) is 19.8. The molecule has 0 spiro atoms. The number of amides is 1. The standard InChI is InChI=1S/C26H27FN6OS/c1-15-10-25(35-32-15)30-23-12-19(14-29-24(23)13-28)33-9-3-4-22(16(33)2)31-26(34)20-8-7-18(11-21(20)27)17-5-6-17/h7-8,10-12,14,16-17,22,30H,3-6,9H2,1-2H3,(H,31,34)/t16-,22-/m1/s1. The van der Waals surface area contributed by atoms with Gasteiger partial charge in [0.15, 0.2) is 5.69 Å². The van der Waals surface area contributed by atoms with Gasteiger partial charge in [-0.05, 0) is 86.8 Å². The third-order valence-corrected chi connectivity index (χ3v) is 7.58. The van der Waals surface area contributed by atoms with E-state index in [-0.39, 0.29) is 23.6 Å². The number of aryl methyl sites for hydroxylation is 1. The molecule has 2 atom stereocenters. The average Bonchev–Trinajstić information content (AvgIpc) is 3.62. The summed E-state index contributed by atoms with van der Waals surface area (Å²) < 4.78 is 18.9. The fraction of sp³-hybridized carbons (Fsp3) is 0.385. The lowest BCUT2D eigenvalue weighted by atomic mass is 9.96. The Labute approximate surface area is 208 Å². The minimum atomic E-state index is -0.461. The number of piperidine rings is 1. The second kappa shape index (κ2) is 9.62. The molecule has 2 aromatic heterocycles. The van der Waals surface area contributed by atoms with Crippen LogP contribution < -0.4 is 15.5 Å². The molecular weight excluding hydrogens is 463 g/mol. The fourth-order valence-electron chi connectivity index (χ4n) is 4.68. The highest BCUT2D eigenvalue weighted by molar-refractivity contribution is 7.10. The van der Waals surface area contributed by atoms with Crippen molar-refractivity contribution in [3.63, 3.8) is 0 Å². The SMILES string of the molecule is Cc1cc(Nc2cc(N3CCC[C@@H](NC(=O)c4ccc(C5CC5)cc4F)[C@H]3C)cnc2C#N)sn1. The van der Waals surface area contributed by atoms with E-state index in [9.17, 15) is 14.4 Å². The van der Waals surface area contributed by atoms with Gasteiger partial charge in [-0.25, -0.2) is 9.37 Å². The van der Waals surface area contributed by atoms with Gasteiger partial charge in [-0.2, -0.15) is 9.64 Å². The molecule has 1 amide bonds. The van der Waals surface area contributed by atoms with Gasteiger partial charge in [0.1, 0.15) is 16.9 Å². The quantitative estimate of drug-likeness (QED) is 0.489. The first-order valence-electron chi connectivity index (χ1n) is 11.9. The Morgan fingerprint density at radius 3 is 2.77 bits per heavy atom. The first-order chi connectivity index (χ1) is 16.9. The van der Waals surface area contributed by atoms with E-state index in [0.29, 0.717) is 17.3 Å². The minimum absolute atomic E-state index is 0.0327. The van der Waals surface area contributed by atoms with Gasteiger partial charge in [-0.3, -0.25) is 4.79 Å². The van der Waals surface area contributed by atoms with Gasteiger partial charge in [0.25, 0.3) is 5.91 Å². The zero-order valence-electron chi connectivity index (χ0n) is 19.7. The molecule has 1 aromatic carbocycles. The summed E-state index contributed by atoms with van der Waals surface area (Å²) in [6, 6.07) is 10.8. The average molecular weight is 491 g/mol. The van der Waals surface area contributed by atoms with Gasteiger partial charge in [0.05, 0.1) is 28.8 Å². The number of pyridine rings is 1. The Morgan fingerprint density at radius 2 is 2.09 bits per heavy atom. The monoisotopic (exact) mass is 490 g/mol. The number of carbonyl (C=O) groups is 1. The second-order valence-electron chi connectivity index (χ2n) is 9.33. The minimum Gasteiger partial charge on any atom is -0.365 e. The third kappa shape index (κ3) is 4.98. The maximum absolute atomic E-state index is 14.7. The summed E-state index contributed by atoms with van der Waals surface area (Å²) in [6.07, 6.45) is 5.55. The van der Waals surface area contributed by atoms with Crippen molar-refractivity contribution in [1.82, 2.24) is 14.7 Å². The number of anilines is 3. The van der Waals surface area contributed by atoms with Crippen LogP contribution in [0.15, 0.2) is 36.5 Å². The molecule has 1 aliphatic heterocycles. The van der Waals surface area contributed by atoms with Crippen LogP contribution in [0.1, 0.15) is 65.8 Å². The van der Waals surface area contributed by atoms with E-state index in [4.69, 9.17) is 0 Å². The third-order valence-electron chi connectivity index (χ3n) is 6.79. The summed E-state index contributed by atoms with van der Waals surface area (Å²) in [5.41, 5.74) is 3.75. The number of carbonyl (C=O) groups excluding carboxylic acids is 1. The Hall–Kier alpha value is -3.51. The van der Waals surface area contributed by atoms with Crippen LogP contribution in [-0.2, 0) is 0 Å². The predicted octanol–water partition coefficient (Wildman–Crippen LogP) is 5.27. The molecule has 0 radical (unpaired) electrons. The van der Waals surface area contributed by atoms with Crippen molar-refractivity contribution < 1.29 is 9.18 Å². The molecule has 180 valence electrons. The maximum Gasteiger partial charge on any atom is 0.254 e. The summed E-state index contributed by atoms with van der Waals surface area (Å²) in [5.74, 6) is -0.406. The Kier molecular flexibility index (Phi) is 6.39. The highest BCUT2D eigenvalue weighted by Gasteiger charge is 2.31. The number of halogens is 1. The van der Waals surface area contributed by atoms with Gasteiger partial charge >= 0.3 is 0 Å². The van der Waals surface area contributed by atoms with Crippen LogP contribution in [0.25, 0.3) is 0 Å². The summed E-state index contributed by atoms with van der Waals surface area (Å²) in [6.45, 7) is 4.76. The zero-order valence-corrected chi connectivity index (χ0v) is 20.5. The van der Waals surface area contributed by atoms with Crippen LogP contribution in [0.2, 0.25) is 0 Å². The smallest absolute Gasteiger partial charge is 0.254 e. The molecule has 1 aliphatic carbocycles. The molecule has 7 nitrogen and oxygen atoms in total. The first kappa shape index (κ1) is 23.2. The molecule has 2 fully saturated rings. The van der Waals surface area contributed by atoms with Crippen LogP contribution in [0.3, 0.4) is 0 Å². The molecule has 2 aliphatic rings. The van der Waals surface area contributed by atoms with E-state index < -0.39 is 5.82 Å². The second-order valence-corrected chi connectivity index (χ2v) is 10.1. The lowest BCUT2D eigenvalue weighted by molar-refractivity contribution is 0.0920. The molecule has 9 heteroatoms. The van der Waals surface area contributed by atoms with Crippen LogP contribution >= 0.6 is 11.5 Å². The lowest BCUT2D eigenvalue weighted by Gasteiger charge is -2.41.